The third-order valence-electron chi connectivity index (χ3n) is 4.35. The normalized spacial score (nSPS) is 51.8. The molecule has 0 aromatic heterocycles. The quantitative estimate of drug-likeness (QED) is 0.649. The lowest BCUT2D eigenvalue weighted by Gasteiger charge is -2.60. The van der Waals surface area contributed by atoms with Gasteiger partial charge in [0.15, 0.2) is 0 Å². The van der Waals surface area contributed by atoms with E-state index in [9.17, 15) is 5.11 Å². The third kappa shape index (κ3) is 0.882. The van der Waals surface area contributed by atoms with Crippen LogP contribution in [0.25, 0.3) is 0 Å². The van der Waals surface area contributed by atoms with E-state index in [1.807, 2.05) is 0 Å². The molecule has 0 aromatic carbocycles. The first kappa shape index (κ1) is 8.52. The minimum Gasteiger partial charge on any atom is -0.396 e. The molecule has 2 N–H and O–H groups in total. The number of aliphatic hydroxyl groups is 2. The van der Waals surface area contributed by atoms with E-state index < -0.39 is 0 Å². The van der Waals surface area contributed by atoms with Gasteiger partial charge in [-0.1, -0.05) is 6.92 Å². The van der Waals surface area contributed by atoms with E-state index in [0.29, 0.717) is 25.0 Å². The van der Waals surface area contributed by atoms with E-state index in [1.165, 1.54) is 19.3 Å². The molecule has 2 bridgehead atoms. The van der Waals surface area contributed by atoms with Crippen LogP contribution in [0.3, 0.4) is 0 Å². The predicted octanol–water partition coefficient (Wildman–Crippen LogP) is 1.02. The van der Waals surface area contributed by atoms with Crippen molar-refractivity contribution in [3.8, 4) is 0 Å². The second-order valence-electron chi connectivity index (χ2n) is 4.72. The van der Waals surface area contributed by atoms with Crippen molar-refractivity contribution < 1.29 is 10.2 Å². The zero-order valence-corrected chi connectivity index (χ0v) is 7.66. The molecule has 1 unspecified atom stereocenters. The molecule has 3 aliphatic carbocycles. The van der Waals surface area contributed by atoms with Gasteiger partial charge >= 0.3 is 0 Å². The Hall–Kier alpha value is -0.0800. The molecule has 0 aliphatic heterocycles. The lowest BCUT2D eigenvalue weighted by atomic mass is 9.45. The summed E-state index contributed by atoms with van der Waals surface area (Å²) in [6.45, 7) is 2.79. The molecule has 4 atom stereocenters. The van der Waals surface area contributed by atoms with E-state index >= 15 is 0 Å². The minimum atomic E-state index is 0.144. The van der Waals surface area contributed by atoms with Gasteiger partial charge in [0.1, 0.15) is 0 Å². The van der Waals surface area contributed by atoms with E-state index in [1.54, 1.807) is 0 Å². The molecule has 70 valence electrons. The summed E-state index contributed by atoms with van der Waals surface area (Å²) in [7, 11) is 0. The van der Waals surface area contributed by atoms with E-state index in [4.69, 9.17) is 5.11 Å². The summed E-state index contributed by atoms with van der Waals surface area (Å²) in [6, 6.07) is 0. The number of rotatable bonds is 2. The van der Waals surface area contributed by atoms with Gasteiger partial charge in [0.05, 0.1) is 0 Å². The average molecular weight is 170 g/mol. The molecule has 0 saturated heterocycles. The number of hydrogen-bond acceptors (Lipinski definition) is 2. The summed E-state index contributed by atoms with van der Waals surface area (Å²) in [4.78, 5) is 0. The van der Waals surface area contributed by atoms with Crippen LogP contribution in [-0.2, 0) is 0 Å². The Morgan fingerprint density at radius 1 is 1.33 bits per heavy atom. The van der Waals surface area contributed by atoms with Crippen LogP contribution < -0.4 is 0 Å². The van der Waals surface area contributed by atoms with Gasteiger partial charge in [-0.2, -0.15) is 0 Å². The van der Waals surface area contributed by atoms with Crippen LogP contribution in [0.15, 0.2) is 0 Å². The molecule has 0 radical (unpaired) electrons. The molecular formula is C10H18O2. The van der Waals surface area contributed by atoms with Crippen molar-refractivity contribution in [3.63, 3.8) is 0 Å². The molecule has 3 saturated carbocycles. The van der Waals surface area contributed by atoms with Gasteiger partial charge in [0, 0.05) is 13.2 Å². The van der Waals surface area contributed by atoms with E-state index in [2.05, 4.69) is 6.92 Å². The predicted molar refractivity (Wildman–Crippen MR) is 46.6 cm³/mol. The standard InChI is InChI=1S/C10H18O2/c1-10(6-12)8-3-2-7(5-11)9(10)4-8/h7-9,11-12H,2-6H2,1H3/t7?,8-,9-,10-/m1/s1. The summed E-state index contributed by atoms with van der Waals surface area (Å²) in [5.41, 5.74) is 0.144. The van der Waals surface area contributed by atoms with Crippen molar-refractivity contribution in [2.45, 2.75) is 26.2 Å². The Morgan fingerprint density at radius 2 is 2.08 bits per heavy atom. The first-order valence-electron chi connectivity index (χ1n) is 4.94. The SMILES string of the molecule is C[C@@]1(CO)[C@@H]2CCC(CO)[C@H]1C2. The van der Waals surface area contributed by atoms with Gasteiger partial charge in [-0.3, -0.25) is 0 Å². The summed E-state index contributed by atoms with van der Waals surface area (Å²) < 4.78 is 0. The summed E-state index contributed by atoms with van der Waals surface area (Å²) in [6.07, 6.45) is 3.61. The van der Waals surface area contributed by atoms with E-state index in [-0.39, 0.29) is 5.41 Å². The maximum Gasteiger partial charge on any atom is 0.0490 e. The monoisotopic (exact) mass is 170 g/mol. The number of fused-ring (bicyclic) bond motifs is 2. The van der Waals surface area contributed by atoms with Crippen molar-refractivity contribution in [1.29, 1.82) is 0 Å². The molecule has 0 aromatic rings. The van der Waals surface area contributed by atoms with Crippen molar-refractivity contribution in [2.24, 2.45) is 23.2 Å². The Kier molecular flexibility index (Phi) is 1.92. The Labute approximate surface area is 73.6 Å². The van der Waals surface area contributed by atoms with Crippen molar-refractivity contribution in [2.75, 3.05) is 13.2 Å². The molecule has 3 rings (SSSR count). The van der Waals surface area contributed by atoms with Gasteiger partial charge in [-0.05, 0) is 42.4 Å². The third-order valence-corrected chi connectivity index (χ3v) is 4.35. The van der Waals surface area contributed by atoms with Crippen LogP contribution in [0.2, 0.25) is 0 Å². The maximum absolute atomic E-state index is 9.28. The van der Waals surface area contributed by atoms with Crippen molar-refractivity contribution in [1.82, 2.24) is 0 Å². The van der Waals surface area contributed by atoms with Crippen LogP contribution in [0.1, 0.15) is 26.2 Å². The zero-order chi connectivity index (χ0) is 8.77. The Bertz CT molecular complexity index is 179. The first-order chi connectivity index (χ1) is 5.72. The fourth-order valence-electron chi connectivity index (χ4n) is 3.25. The van der Waals surface area contributed by atoms with Crippen LogP contribution >= 0.6 is 0 Å². The zero-order valence-electron chi connectivity index (χ0n) is 7.66. The highest BCUT2D eigenvalue weighted by atomic mass is 16.3. The van der Waals surface area contributed by atoms with Crippen LogP contribution in [0.5, 0.6) is 0 Å². The maximum atomic E-state index is 9.28. The lowest BCUT2D eigenvalue weighted by Crippen LogP contribution is -2.56. The molecule has 0 amide bonds. The highest BCUT2D eigenvalue weighted by Crippen LogP contribution is 2.61. The molecule has 0 spiro atoms. The molecular weight excluding hydrogens is 152 g/mol. The molecule has 0 heterocycles. The van der Waals surface area contributed by atoms with Gasteiger partial charge in [-0.25, -0.2) is 0 Å². The van der Waals surface area contributed by atoms with Crippen molar-refractivity contribution >= 4 is 0 Å². The van der Waals surface area contributed by atoms with Gasteiger partial charge < -0.3 is 10.2 Å². The molecule has 2 nitrogen and oxygen atoms in total. The fraction of sp³-hybridized carbons (Fsp3) is 1.00. The molecule has 3 aliphatic rings. The smallest absolute Gasteiger partial charge is 0.0490 e. The van der Waals surface area contributed by atoms with Gasteiger partial charge in [-0.15, -0.1) is 0 Å². The van der Waals surface area contributed by atoms with Crippen LogP contribution in [0.4, 0.5) is 0 Å². The second kappa shape index (κ2) is 2.71. The Balaban J connectivity index is 2.11. The minimum absolute atomic E-state index is 0.144. The van der Waals surface area contributed by atoms with E-state index in [0.717, 1.165) is 5.92 Å². The summed E-state index contributed by atoms with van der Waals surface area (Å²) >= 11 is 0. The van der Waals surface area contributed by atoms with Crippen LogP contribution in [-0.4, -0.2) is 23.4 Å². The summed E-state index contributed by atoms with van der Waals surface area (Å²) in [5, 5.41) is 18.4. The largest absolute Gasteiger partial charge is 0.396 e. The average Bonchev–Trinajstić information content (AvgIpc) is 2.16. The molecule has 12 heavy (non-hydrogen) atoms. The number of aliphatic hydroxyl groups excluding tert-OH is 2. The highest BCUT2D eigenvalue weighted by Gasteiger charge is 2.56. The molecule has 3 fully saturated rings. The second-order valence-corrected chi connectivity index (χ2v) is 4.72. The lowest BCUT2D eigenvalue weighted by molar-refractivity contribution is -0.152. The Morgan fingerprint density at radius 3 is 2.58 bits per heavy atom. The topological polar surface area (TPSA) is 40.5 Å². The highest BCUT2D eigenvalue weighted by molar-refractivity contribution is 5.05. The van der Waals surface area contributed by atoms with Crippen LogP contribution in [0, 0.1) is 23.2 Å². The van der Waals surface area contributed by atoms with Gasteiger partial charge in [0.25, 0.3) is 0 Å². The summed E-state index contributed by atoms with van der Waals surface area (Å²) in [5.74, 6) is 1.79. The van der Waals surface area contributed by atoms with Gasteiger partial charge in [0.2, 0.25) is 0 Å². The van der Waals surface area contributed by atoms with Crippen molar-refractivity contribution in [3.05, 3.63) is 0 Å². The number of hydrogen-bond donors (Lipinski definition) is 2. The first-order valence-corrected chi connectivity index (χ1v) is 4.94. The fourth-order valence-corrected chi connectivity index (χ4v) is 3.25. The molecule has 2 heteroatoms.